The summed E-state index contributed by atoms with van der Waals surface area (Å²) >= 11 is 1.52. The van der Waals surface area contributed by atoms with Gasteiger partial charge in [-0.15, -0.1) is 11.3 Å². The molecule has 0 fully saturated rings. The monoisotopic (exact) mass is 247 g/mol. The van der Waals surface area contributed by atoms with Crippen molar-refractivity contribution in [3.8, 4) is 5.75 Å². The Morgan fingerprint density at radius 1 is 1.47 bits per heavy atom. The van der Waals surface area contributed by atoms with Gasteiger partial charge in [0, 0.05) is 16.6 Å². The quantitative estimate of drug-likeness (QED) is 0.780. The number of nitrogens with zero attached hydrogens (tertiary/aromatic N) is 1. The summed E-state index contributed by atoms with van der Waals surface area (Å²) in [5.41, 5.74) is 1.63. The van der Waals surface area contributed by atoms with Crippen LogP contribution in [0.3, 0.4) is 0 Å². The zero-order valence-electron chi connectivity index (χ0n) is 9.77. The van der Waals surface area contributed by atoms with Crippen molar-refractivity contribution in [3.63, 3.8) is 0 Å². The van der Waals surface area contributed by atoms with Gasteiger partial charge in [0.2, 0.25) is 0 Å². The molecule has 1 aromatic heterocycles. The second-order valence-corrected chi connectivity index (χ2v) is 4.66. The molecule has 0 amide bonds. The predicted molar refractivity (Wildman–Crippen MR) is 67.9 cm³/mol. The molecule has 0 radical (unpaired) electrons. The molecular weight excluding hydrogens is 234 g/mol. The van der Waals surface area contributed by atoms with Crippen LogP contribution in [-0.4, -0.2) is 17.9 Å². The van der Waals surface area contributed by atoms with Crippen molar-refractivity contribution in [1.82, 2.24) is 4.98 Å². The van der Waals surface area contributed by atoms with Crippen LogP contribution in [0.5, 0.6) is 5.75 Å². The molecule has 0 saturated heterocycles. The van der Waals surface area contributed by atoms with E-state index in [0.29, 0.717) is 17.7 Å². The molecule has 0 aliphatic heterocycles. The SMILES string of the molecule is COc1cccc(C(=O)Cc2nc(C)cs2)c1. The summed E-state index contributed by atoms with van der Waals surface area (Å²) in [5, 5.41) is 2.81. The first-order valence-electron chi connectivity index (χ1n) is 5.27. The number of benzene rings is 1. The topological polar surface area (TPSA) is 39.2 Å². The van der Waals surface area contributed by atoms with Gasteiger partial charge in [0.25, 0.3) is 0 Å². The van der Waals surface area contributed by atoms with Crippen LogP contribution in [-0.2, 0) is 6.42 Å². The Hall–Kier alpha value is -1.68. The normalized spacial score (nSPS) is 10.2. The molecule has 2 aromatic rings. The summed E-state index contributed by atoms with van der Waals surface area (Å²) < 4.78 is 5.09. The van der Waals surface area contributed by atoms with Gasteiger partial charge < -0.3 is 4.74 Å². The summed E-state index contributed by atoms with van der Waals surface area (Å²) in [7, 11) is 1.59. The highest BCUT2D eigenvalue weighted by molar-refractivity contribution is 7.09. The van der Waals surface area contributed by atoms with Gasteiger partial charge in [0.05, 0.1) is 13.5 Å². The molecule has 0 unspecified atom stereocenters. The molecule has 0 bridgehead atoms. The number of carbonyl (C=O) groups excluding carboxylic acids is 1. The molecule has 2 rings (SSSR count). The van der Waals surface area contributed by atoms with E-state index in [9.17, 15) is 4.79 Å². The van der Waals surface area contributed by atoms with Gasteiger partial charge in [-0.1, -0.05) is 12.1 Å². The average molecular weight is 247 g/mol. The summed E-state index contributed by atoms with van der Waals surface area (Å²) in [6.07, 6.45) is 0.353. The Labute approximate surface area is 104 Å². The standard InChI is InChI=1S/C13H13NO2S/c1-9-8-17-13(14-9)7-12(15)10-4-3-5-11(6-10)16-2/h3-6,8H,7H2,1-2H3. The van der Waals surface area contributed by atoms with E-state index in [1.54, 1.807) is 19.2 Å². The molecule has 1 heterocycles. The van der Waals surface area contributed by atoms with Crippen molar-refractivity contribution in [2.75, 3.05) is 7.11 Å². The minimum atomic E-state index is 0.0678. The zero-order chi connectivity index (χ0) is 12.3. The number of aromatic nitrogens is 1. The maximum Gasteiger partial charge on any atom is 0.169 e. The first-order chi connectivity index (χ1) is 8.19. The van der Waals surface area contributed by atoms with E-state index < -0.39 is 0 Å². The predicted octanol–water partition coefficient (Wildman–Crippen LogP) is 2.89. The Morgan fingerprint density at radius 3 is 2.94 bits per heavy atom. The molecule has 17 heavy (non-hydrogen) atoms. The Morgan fingerprint density at radius 2 is 2.29 bits per heavy atom. The van der Waals surface area contributed by atoms with E-state index in [1.807, 2.05) is 24.4 Å². The molecule has 0 saturated carbocycles. The number of methoxy groups -OCH3 is 1. The lowest BCUT2D eigenvalue weighted by atomic mass is 10.1. The molecule has 0 aliphatic carbocycles. The number of ketones is 1. The van der Waals surface area contributed by atoms with Gasteiger partial charge in [0.15, 0.2) is 5.78 Å². The minimum Gasteiger partial charge on any atom is -0.497 e. The summed E-state index contributed by atoms with van der Waals surface area (Å²) in [6, 6.07) is 7.19. The number of hydrogen-bond donors (Lipinski definition) is 0. The van der Waals surface area contributed by atoms with Crippen LogP contribution in [0, 0.1) is 6.92 Å². The van der Waals surface area contributed by atoms with E-state index in [1.165, 1.54) is 11.3 Å². The fourth-order valence-electron chi connectivity index (χ4n) is 1.52. The smallest absolute Gasteiger partial charge is 0.169 e. The first kappa shape index (κ1) is 11.8. The first-order valence-corrected chi connectivity index (χ1v) is 6.15. The number of carbonyl (C=O) groups is 1. The maximum absolute atomic E-state index is 12.0. The fraction of sp³-hybridized carbons (Fsp3) is 0.231. The average Bonchev–Trinajstić information content (AvgIpc) is 2.75. The molecule has 1 aromatic carbocycles. The van der Waals surface area contributed by atoms with Gasteiger partial charge in [-0.2, -0.15) is 0 Å². The fourth-order valence-corrected chi connectivity index (χ4v) is 2.29. The number of hydrogen-bond acceptors (Lipinski definition) is 4. The maximum atomic E-state index is 12.0. The van der Waals surface area contributed by atoms with Crippen molar-refractivity contribution in [1.29, 1.82) is 0 Å². The molecular formula is C13H13NO2S. The molecule has 0 atom stereocenters. The van der Waals surface area contributed by atoms with Gasteiger partial charge in [-0.05, 0) is 19.1 Å². The lowest BCUT2D eigenvalue weighted by molar-refractivity contribution is 0.0992. The highest BCUT2D eigenvalue weighted by Gasteiger charge is 2.10. The third kappa shape index (κ3) is 2.91. The van der Waals surface area contributed by atoms with Crippen LogP contribution in [0.1, 0.15) is 21.1 Å². The van der Waals surface area contributed by atoms with E-state index in [0.717, 1.165) is 10.7 Å². The number of Topliss-reactive ketones (excluding diaryl/α,β-unsaturated/α-hetero) is 1. The highest BCUT2D eigenvalue weighted by atomic mass is 32.1. The summed E-state index contributed by atoms with van der Waals surface area (Å²) in [4.78, 5) is 16.3. The van der Waals surface area contributed by atoms with Gasteiger partial charge >= 0.3 is 0 Å². The Balaban J connectivity index is 2.14. The van der Waals surface area contributed by atoms with Crippen molar-refractivity contribution in [2.45, 2.75) is 13.3 Å². The van der Waals surface area contributed by atoms with Crippen LogP contribution in [0.2, 0.25) is 0 Å². The van der Waals surface area contributed by atoms with Crippen LogP contribution in [0.4, 0.5) is 0 Å². The summed E-state index contributed by atoms with van der Waals surface area (Å²) in [5.74, 6) is 0.768. The number of ether oxygens (including phenoxy) is 1. The third-order valence-corrected chi connectivity index (χ3v) is 3.34. The second-order valence-electron chi connectivity index (χ2n) is 3.71. The van der Waals surface area contributed by atoms with E-state index in [-0.39, 0.29) is 5.78 Å². The Kier molecular flexibility index (Phi) is 3.54. The van der Waals surface area contributed by atoms with Crippen molar-refractivity contribution < 1.29 is 9.53 Å². The van der Waals surface area contributed by atoms with Crippen molar-refractivity contribution >= 4 is 17.1 Å². The van der Waals surface area contributed by atoms with Gasteiger partial charge in [0.1, 0.15) is 10.8 Å². The zero-order valence-corrected chi connectivity index (χ0v) is 10.6. The van der Waals surface area contributed by atoms with E-state index in [2.05, 4.69) is 4.98 Å². The van der Waals surface area contributed by atoms with Crippen molar-refractivity contribution in [3.05, 3.63) is 45.9 Å². The lowest BCUT2D eigenvalue weighted by Crippen LogP contribution is -2.03. The Bertz CT molecular complexity index is 534. The number of thiazole rings is 1. The molecule has 0 spiro atoms. The van der Waals surface area contributed by atoms with Crippen LogP contribution < -0.4 is 4.74 Å². The van der Waals surface area contributed by atoms with Crippen LogP contribution in [0.25, 0.3) is 0 Å². The van der Waals surface area contributed by atoms with Crippen LogP contribution >= 0.6 is 11.3 Å². The van der Waals surface area contributed by atoms with Gasteiger partial charge in [-0.25, -0.2) is 4.98 Å². The highest BCUT2D eigenvalue weighted by Crippen LogP contribution is 2.16. The molecule has 0 N–H and O–H groups in total. The second kappa shape index (κ2) is 5.10. The number of rotatable bonds is 4. The molecule has 88 valence electrons. The summed E-state index contributed by atoms with van der Waals surface area (Å²) in [6.45, 7) is 1.93. The van der Waals surface area contributed by atoms with Crippen molar-refractivity contribution in [2.24, 2.45) is 0 Å². The van der Waals surface area contributed by atoms with Gasteiger partial charge in [-0.3, -0.25) is 4.79 Å². The molecule has 3 nitrogen and oxygen atoms in total. The molecule has 0 aliphatic rings. The third-order valence-electron chi connectivity index (χ3n) is 2.37. The lowest BCUT2D eigenvalue weighted by Gasteiger charge is -2.02. The largest absolute Gasteiger partial charge is 0.497 e. The van der Waals surface area contributed by atoms with E-state index >= 15 is 0 Å². The minimum absolute atomic E-state index is 0.0678. The van der Waals surface area contributed by atoms with E-state index in [4.69, 9.17) is 4.74 Å². The molecule has 4 heteroatoms. The number of aryl methyl sites for hydroxylation is 1. The van der Waals surface area contributed by atoms with Crippen LogP contribution in [0.15, 0.2) is 29.6 Å².